The lowest BCUT2D eigenvalue weighted by atomic mass is 10.1. The molecular formula is C8H12N4. The first-order valence-electron chi connectivity index (χ1n) is 4.36. The molecule has 0 aromatic carbocycles. The lowest BCUT2D eigenvalue weighted by Crippen LogP contribution is -2.30. The summed E-state index contributed by atoms with van der Waals surface area (Å²) in [4.78, 5) is 2.26. The summed E-state index contributed by atoms with van der Waals surface area (Å²) < 4.78 is 0. The quantitative estimate of drug-likeness (QED) is 0.617. The zero-order valence-electron chi connectivity index (χ0n) is 6.98. The highest BCUT2D eigenvalue weighted by molar-refractivity contribution is 5.35. The molecule has 4 nitrogen and oxygen atoms in total. The second-order valence-electron chi connectivity index (χ2n) is 3.03. The zero-order valence-corrected chi connectivity index (χ0v) is 6.98. The standard InChI is InChI=1S/C8H12N4/c1-2-6-12(7-3-1)8-4-5-9-11-10-8/h4-5H,1-3,6-7H2. The molecule has 1 aromatic rings. The minimum absolute atomic E-state index is 0.963. The Balaban J connectivity index is 2.08. The van der Waals surface area contributed by atoms with Crippen LogP contribution in [0.5, 0.6) is 0 Å². The molecule has 0 saturated carbocycles. The van der Waals surface area contributed by atoms with Crippen molar-refractivity contribution >= 4 is 5.82 Å². The first-order chi connectivity index (χ1) is 5.97. The predicted molar refractivity (Wildman–Crippen MR) is 45.9 cm³/mol. The summed E-state index contributed by atoms with van der Waals surface area (Å²) in [6, 6.07) is 1.92. The Morgan fingerprint density at radius 2 is 2.00 bits per heavy atom. The maximum atomic E-state index is 3.97. The second-order valence-corrected chi connectivity index (χ2v) is 3.03. The van der Waals surface area contributed by atoms with Crippen LogP contribution in [-0.4, -0.2) is 28.5 Å². The SMILES string of the molecule is c1cc(N2CCCCC2)nnn1. The summed E-state index contributed by atoms with van der Waals surface area (Å²) in [5.74, 6) is 0.963. The van der Waals surface area contributed by atoms with Gasteiger partial charge in [-0.15, -0.1) is 10.2 Å². The van der Waals surface area contributed by atoms with Gasteiger partial charge in [0.15, 0.2) is 5.82 Å². The van der Waals surface area contributed by atoms with Crippen LogP contribution in [0.2, 0.25) is 0 Å². The Morgan fingerprint density at radius 3 is 2.67 bits per heavy atom. The molecule has 0 bridgehead atoms. The van der Waals surface area contributed by atoms with Crippen molar-refractivity contribution in [3.63, 3.8) is 0 Å². The summed E-state index contributed by atoms with van der Waals surface area (Å²) in [6.07, 6.45) is 5.57. The molecule has 0 atom stereocenters. The third-order valence-electron chi connectivity index (χ3n) is 2.17. The number of nitrogens with zero attached hydrogens (tertiary/aromatic N) is 4. The third-order valence-corrected chi connectivity index (χ3v) is 2.17. The highest BCUT2D eigenvalue weighted by Crippen LogP contribution is 2.14. The van der Waals surface area contributed by atoms with Gasteiger partial charge in [0.05, 0.1) is 6.20 Å². The third kappa shape index (κ3) is 1.52. The number of anilines is 1. The number of piperidine rings is 1. The fraction of sp³-hybridized carbons (Fsp3) is 0.625. The molecule has 2 rings (SSSR count). The van der Waals surface area contributed by atoms with Crippen LogP contribution in [0.25, 0.3) is 0 Å². The van der Waals surface area contributed by atoms with Crippen molar-refractivity contribution < 1.29 is 0 Å². The van der Waals surface area contributed by atoms with E-state index in [0.29, 0.717) is 0 Å². The molecule has 1 aliphatic heterocycles. The first kappa shape index (κ1) is 7.46. The number of rotatable bonds is 1. The van der Waals surface area contributed by atoms with Gasteiger partial charge in [-0.3, -0.25) is 0 Å². The molecule has 0 N–H and O–H groups in total. The van der Waals surface area contributed by atoms with Crippen molar-refractivity contribution in [2.75, 3.05) is 18.0 Å². The first-order valence-corrected chi connectivity index (χ1v) is 4.36. The van der Waals surface area contributed by atoms with Gasteiger partial charge < -0.3 is 4.90 Å². The van der Waals surface area contributed by atoms with E-state index in [9.17, 15) is 0 Å². The van der Waals surface area contributed by atoms with Gasteiger partial charge >= 0.3 is 0 Å². The van der Waals surface area contributed by atoms with E-state index in [1.54, 1.807) is 6.20 Å². The minimum atomic E-state index is 0.963. The smallest absolute Gasteiger partial charge is 0.154 e. The summed E-state index contributed by atoms with van der Waals surface area (Å²) in [6.45, 7) is 2.22. The largest absolute Gasteiger partial charge is 0.355 e. The van der Waals surface area contributed by atoms with E-state index >= 15 is 0 Å². The molecule has 0 aliphatic carbocycles. The number of hydrogen-bond donors (Lipinski definition) is 0. The van der Waals surface area contributed by atoms with Crippen molar-refractivity contribution in [3.05, 3.63) is 12.3 Å². The molecular weight excluding hydrogens is 152 g/mol. The lowest BCUT2D eigenvalue weighted by molar-refractivity contribution is 0.569. The fourth-order valence-corrected chi connectivity index (χ4v) is 1.53. The van der Waals surface area contributed by atoms with E-state index in [1.165, 1.54) is 19.3 Å². The molecule has 1 fully saturated rings. The van der Waals surface area contributed by atoms with Gasteiger partial charge in [-0.25, -0.2) is 0 Å². The second kappa shape index (κ2) is 3.47. The molecule has 12 heavy (non-hydrogen) atoms. The van der Waals surface area contributed by atoms with Gasteiger partial charge in [0.1, 0.15) is 0 Å². The van der Waals surface area contributed by atoms with Crippen LogP contribution in [0.3, 0.4) is 0 Å². The van der Waals surface area contributed by atoms with E-state index in [2.05, 4.69) is 20.3 Å². The molecule has 1 aromatic heterocycles. The average molecular weight is 164 g/mol. The predicted octanol–water partition coefficient (Wildman–Crippen LogP) is 0.862. The van der Waals surface area contributed by atoms with Gasteiger partial charge in [-0.05, 0) is 24.5 Å². The monoisotopic (exact) mass is 164 g/mol. The minimum Gasteiger partial charge on any atom is -0.355 e. The summed E-state index contributed by atoms with van der Waals surface area (Å²) in [5.41, 5.74) is 0. The van der Waals surface area contributed by atoms with Crippen LogP contribution < -0.4 is 4.90 Å². The molecule has 2 heterocycles. The van der Waals surface area contributed by atoms with Crippen molar-refractivity contribution in [3.8, 4) is 0 Å². The van der Waals surface area contributed by atoms with Crippen LogP contribution in [0.1, 0.15) is 19.3 Å². The van der Waals surface area contributed by atoms with Crippen LogP contribution in [0.4, 0.5) is 5.82 Å². The maximum Gasteiger partial charge on any atom is 0.154 e. The van der Waals surface area contributed by atoms with Gasteiger partial charge in [0.25, 0.3) is 0 Å². The zero-order chi connectivity index (χ0) is 8.23. The van der Waals surface area contributed by atoms with E-state index in [4.69, 9.17) is 0 Å². The highest BCUT2D eigenvalue weighted by Gasteiger charge is 2.11. The highest BCUT2D eigenvalue weighted by atomic mass is 15.4. The molecule has 0 radical (unpaired) electrons. The Morgan fingerprint density at radius 1 is 1.17 bits per heavy atom. The van der Waals surface area contributed by atoms with E-state index < -0.39 is 0 Å². The van der Waals surface area contributed by atoms with E-state index in [0.717, 1.165) is 18.9 Å². The lowest BCUT2D eigenvalue weighted by Gasteiger charge is -2.26. The Hall–Kier alpha value is -1.19. The Kier molecular flexibility index (Phi) is 2.16. The topological polar surface area (TPSA) is 41.9 Å². The molecule has 1 saturated heterocycles. The van der Waals surface area contributed by atoms with Gasteiger partial charge in [-0.2, -0.15) is 0 Å². The van der Waals surface area contributed by atoms with Gasteiger partial charge in [0.2, 0.25) is 0 Å². The van der Waals surface area contributed by atoms with Crippen LogP contribution in [0.15, 0.2) is 12.3 Å². The molecule has 1 aliphatic rings. The van der Waals surface area contributed by atoms with Crippen molar-refractivity contribution in [1.82, 2.24) is 15.4 Å². The molecule has 0 amide bonds. The van der Waals surface area contributed by atoms with Crippen molar-refractivity contribution in [2.45, 2.75) is 19.3 Å². The molecule has 64 valence electrons. The average Bonchev–Trinajstić information content (AvgIpc) is 2.21. The summed E-state index contributed by atoms with van der Waals surface area (Å²) >= 11 is 0. The maximum absolute atomic E-state index is 3.97. The van der Waals surface area contributed by atoms with Crippen LogP contribution in [-0.2, 0) is 0 Å². The number of hydrogen-bond acceptors (Lipinski definition) is 4. The number of aromatic nitrogens is 3. The fourth-order valence-electron chi connectivity index (χ4n) is 1.53. The van der Waals surface area contributed by atoms with Gasteiger partial charge in [-0.1, -0.05) is 0 Å². The Bertz CT molecular complexity index is 230. The van der Waals surface area contributed by atoms with Crippen molar-refractivity contribution in [2.24, 2.45) is 0 Å². The van der Waals surface area contributed by atoms with Gasteiger partial charge in [0, 0.05) is 19.2 Å². The molecule has 0 unspecified atom stereocenters. The van der Waals surface area contributed by atoms with Crippen molar-refractivity contribution in [1.29, 1.82) is 0 Å². The summed E-state index contributed by atoms with van der Waals surface area (Å²) in [5, 5.41) is 11.2. The molecule has 0 spiro atoms. The van der Waals surface area contributed by atoms with Crippen LogP contribution >= 0.6 is 0 Å². The molecule has 4 heteroatoms. The van der Waals surface area contributed by atoms with E-state index in [-0.39, 0.29) is 0 Å². The van der Waals surface area contributed by atoms with Crippen LogP contribution in [0, 0.1) is 0 Å². The summed E-state index contributed by atoms with van der Waals surface area (Å²) in [7, 11) is 0. The van der Waals surface area contributed by atoms with E-state index in [1.807, 2.05) is 6.07 Å². The Labute approximate surface area is 71.6 Å². The normalized spacial score (nSPS) is 17.8.